The summed E-state index contributed by atoms with van der Waals surface area (Å²) in [6, 6.07) is 26.7. The average Bonchev–Trinajstić information content (AvgIpc) is 3.67. The second-order valence-corrected chi connectivity index (χ2v) is 19.0. The highest BCUT2D eigenvalue weighted by Crippen LogP contribution is 2.50. The van der Waals surface area contributed by atoms with Crippen LogP contribution < -0.4 is 59.3 Å². The largest absolute Gasteiger partial charge is 0.504 e. The number of methoxy groups -OCH3 is 8. The van der Waals surface area contributed by atoms with Crippen molar-refractivity contribution >= 4 is 68.3 Å². The van der Waals surface area contributed by atoms with Crippen LogP contribution in [0.5, 0.6) is 51.7 Å². The molecule has 1 aromatic heterocycles. The van der Waals surface area contributed by atoms with Crippen molar-refractivity contribution in [3.63, 3.8) is 0 Å². The van der Waals surface area contributed by atoms with Crippen LogP contribution in [0, 0.1) is 0 Å². The van der Waals surface area contributed by atoms with Gasteiger partial charge in [0.25, 0.3) is 10.0 Å². The molecule has 0 unspecified atom stereocenters. The zero-order valence-electron chi connectivity index (χ0n) is 42.9. The number of aromatic amines is 1. The molecule has 76 heavy (non-hydrogen) atoms. The normalized spacial score (nSPS) is 12.5. The maximum atomic E-state index is 12.6. The van der Waals surface area contributed by atoms with Gasteiger partial charge in [0.1, 0.15) is 0 Å². The Hall–Kier alpha value is -7.79. The van der Waals surface area contributed by atoms with E-state index in [1.807, 2.05) is 42.5 Å². The summed E-state index contributed by atoms with van der Waals surface area (Å²) in [5.41, 5.74) is 5.77. The van der Waals surface area contributed by atoms with Gasteiger partial charge in [0, 0.05) is 29.0 Å². The van der Waals surface area contributed by atoms with Gasteiger partial charge in [0.15, 0.2) is 40.2 Å². The molecular weight excluding hydrogens is 1040 g/mol. The highest BCUT2D eigenvalue weighted by atomic mass is 35.5. The van der Waals surface area contributed by atoms with Crippen molar-refractivity contribution in [2.45, 2.75) is 35.6 Å². The lowest BCUT2D eigenvalue weighted by Gasteiger charge is -2.19. The number of H-pyrrole nitrogens is 1. The van der Waals surface area contributed by atoms with Crippen LogP contribution in [0.25, 0.3) is 34.2 Å². The van der Waals surface area contributed by atoms with Gasteiger partial charge < -0.3 is 53.3 Å². The molecule has 0 aliphatic heterocycles. The summed E-state index contributed by atoms with van der Waals surface area (Å²) in [4.78, 5) is 32.2. The summed E-state index contributed by atoms with van der Waals surface area (Å²) in [6.07, 6.45) is 6.64. The van der Waals surface area contributed by atoms with E-state index in [0.29, 0.717) is 79.8 Å². The maximum absolute atomic E-state index is 12.6. The number of ether oxygens (including phenoxy) is 8. The third-order valence-electron chi connectivity index (χ3n) is 11.7. The van der Waals surface area contributed by atoms with E-state index >= 15 is 0 Å². The molecule has 8 rings (SSSR count). The number of halogens is 1. The molecule has 0 radical (unpaired) electrons. The number of hydrogen-bond donors (Lipinski definition) is 5. The van der Waals surface area contributed by atoms with E-state index in [1.165, 1.54) is 39.3 Å². The van der Waals surface area contributed by atoms with E-state index < -0.39 is 10.0 Å². The van der Waals surface area contributed by atoms with E-state index in [0.717, 1.165) is 45.2 Å². The summed E-state index contributed by atoms with van der Waals surface area (Å²) in [5, 5.41) is 14.0. The van der Waals surface area contributed by atoms with Gasteiger partial charge in [0.05, 0.1) is 96.1 Å². The van der Waals surface area contributed by atoms with Gasteiger partial charge in [-0.05, 0) is 113 Å². The summed E-state index contributed by atoms with van der Waals surface area (Å²) in [5.74, 6) is 8.61. The van der Waals surface area contributed by atoms with E-state index in [-0.39, 0.29) is 33.8 Å². The number of nitrogens with one attached hydrogen (secondary N) is 3. The highest BCUT2D eigenvalue weighted by Gasteiger charge is 2.29. The molecule has 0 fully saturated rings. The van der Waals surface area contributed by atoms with Crippen molar-refractivity contribution in [2.24, 2.45) is 5.90 Å². The molecule has 402 valence electrons. The minimum absolute atomic E-state index is 0.0968. The molecule has 19 nitrogen and oxygen atoms in total. The minimum atomic E-state index is -3.75. The van der Waals surface area contributed by atoms with Crippen LogP contribution >= 0.6 is 23.6 Å². The van der Waals surface area contributed by atoms with E-state index in [4.69, 9.17) is 55.4 Å². The van der Waals surface area contributed by atoms with Crippen LogP contribution in [-0.2, 0) is 30.6 Å². The number of carbonyl (C=O) groups excluding carboxylic acids is 1. The van der Waals surface area contributed by atoms with Crippen molar-refractivity contribution in [1.29, 1.82) is 0 Å². The Bertz CT molecular complexity index is 3350. The van der Waals surface area contributed by atoms with Crippen molar-refractivity contribution in [3.8, 4) is 62.9 Å². The molecule has 0 saturated carbocycles. The molecule has 1 atom stereocenters. The number of para-hydroxylation sites is 1. The molecule has 1 aliphatic rings. The van der Waals surface area contributed by atoms with E-state index in [1.54, 1.807) is 97.4 Å². The first-order valence-corrected chi connectivity index (χ1v) is 25.4. The lowest BCUT2D eigenvalue weighted by molar-refractivity contribution is -0.195. The molecule has 0 saturated heterocycles. The summed E-state index contributed by atoms with van der Waals surface area (Å²) >= 11 is 6.92. The molecule has 1 amide bonds. The first kappa shape index (κ1) is 57.5. The molecule has 6 aromatic carbocycles. The number of nitrogens with two attached hydrogens (primary N) is 1. The van der Waals surface area contributed by atoms with Gasteiger partial charge >= 0.3 is 0 Å². The Labute approximate surface area is 448 Å². The average molecular weight is 1100 g/mol. The molecule has 1 aliphatic carbocycles. The molecule has 0 bridgehead atoms. The summed E-state index contributed by atoms with van der Waals surface area (Å²) < 4.78 is 75.1. The van der Waals surface area contributed by atoms with Gasteiger partial charge in [-0.3, -0.25) is 14.3 Å². The number of carbonyl (C=O) groups is 1. The third-order valence-corrected chi connectivity index (χ3v) is 14.0. The standard InChI is InChI=1S/C22H25NO6.C18H20O5.C14H12ClN3O4S2/c1-12(24)23-16-8-6-13-10-19(27-3)21(28-4)22(29-5)20(13)14-7-9-18(26-2)17(25)11-15(14)16;1-20-15-8-7-12(9-14(15)19)5-6-13-10-16(21-2)18(23-4)17(11-13)22-3;15-12-8-17-14-11(12)2-1-3-13(14)18-24(19,20)10-6-4-9(5-7-10)23-22-21-16/h7,9-11,16H,6,8H2,1-5H3,(H,23,24);5-11,19H,1-4H3;1-8,17-18H,16H2/b;6-5-;/t16-;;/m0../s1. The Morgan fingerprint density at radius 1 is 0.737 bits per heavy atom. The van der Waals surface area contributed by atoms with Crippen molar-refractivity contribution in [1.82, 2.24) is 10.3 Å². The van der Waals surface area contributed by atoms with Gasteiger partial charge in [-0.2, -0.15) is 5.90 Å². The SMILES string of the molecule is COc1cc2c(c(OC)c1OC)-c1ccc(OC)c(=O)cc1[C@@H](NC(C)=O)CC2.COc1ccc(/C=C\c2cc(OC)c(OC)c(OC)c2)cc1O.NOOSc1ccc(S(=O)(=O)Nc2cccc3c(Cl)c[nH]c23)cc1. The number of anilines is 1. The fourth-order valence-corrected chi connectivity index (χ4v) is 9.85. The van der Waals surface area contributed by atoms with Crippen LogP contribution in [0.1, 0.15) is 41.6 Å². The van der Waals surface area contributed by atoms with Crippen LogP contribution in [0.2, 0.25) is 5.02 Å². The Balaban J connectivity index is 0.000000187. The number of aromatic hydroxyl groups is 1. The topological polar surface area (TPSA) is 247 Å². The lowest BCUT2D eigenvalue weighted by atomic mass is 9.95. The number of benzene rings is 5. The Morgan fingerprint density at radius 2 is 1.36 bits per heavy atom. The monoisotopic (exact) mass is 1100 g/mol. The number of phenolic OH excluding ortho intramolecular Hbond substituents is 1. The second kappa shape index (κ2) is 26.6. The zero-order valence-corrected chi connectivity index (χ0v) is 45.3. The predicted molar refractivity (Wildman–Crippen MR) is 292 cm³/mol. The van der Waals surface area contributed by atoms with Gasteiger partial charge in [-0.1, -0.05) is 48.0 Å². The lowest BCUT2D eigenvalue weighted by Crippen LogP contribution is -2.26. The number of aromatic nitrogens is 1. The van der Waals surface area contributed by atoms with Gasteiger partial charge in [-0.25, -0.2) is 8.42 Å². The number of rotatable bonds is 17. The minimum Gasteiger partial charge on any atom is -0.504 e. The highest BCUT2D eigenvalue weighted by molar-refractivity contribution is 7.94. The third kappa shape index (κ3) is 13.5. The molecular formula is C54H57ClN4O15S2. The first-order chi connectivity index (χ1) is 36.6. The fraction of sp³-hybridized carbons (Fsp3) is 0.222. The Morgan fingerprint density at radius 3 is 1.95 bits per heavy atom. The van der Waals surface area contributed by atoms with Crippen molar-refractivity contribution in [3.05, 3.63) is 141 Å². The number of hydrogen-bond acceptors (Lipinski definition) is 17. The number of fused-ring (bicyclic) bond motifs is 4. The fourth-order valence-electron chi connectivity index (χ4n) is 8.20. The first-order valence-electron chi connectivity index (χ1n) is 22.8. The van der Waals surface area contributed by atoms with E-state index in [2.05, 4.69) is 24.3 Å². The zero-order chi connectivity index (χ0) is 55.1. The molecule has 7 aromatic rings. The van der Waals surface area contributed by atoms with Gasteiger partial charge in [-0.15, -0.1) is 9.32 Å². The van der Waals surface area contributed by atoms with Crippen molar-refractivity contribution < 1.29 is 65.5 Å². The number of aryl methyl sites for hydroxylation is 1. The number of amides is 1. The summed E-state index contributed by atoms with van der Waals surface area (Å²) in [7, 11) is 8.62. The van der Waals surface area contributed by atoms with Crippen LogP contribution in [-0.4, -0.2) is 81.3 Å². The van der Waals surface area contributed by atoms with Gasteiger partial charge in [0.2, 0.25) is 22.8 Å². The van der Waals surface area contributed by atoms with Crippen LogP contribution in [0.3, 0.4) is 0 Å². The number of sulfonamides is 1. The number of phenols is 1. The molecule has 1 heterocycles. The smallest absolute Gasteiger partial charge is 0.261 e. The van der Waals surface area contributed by atoms with Crippen molar-refractivity contribution in [2.75, 3.05) is 61.6 Å². The van der Waals surface area contributed by atoms with Crippen LogP contribution in [0.4, 0.5) is 5.69 Å². The maximum Gasteiger partial charge on any atom is 0.261 e. The predicted octanol–water partition coefficient (Wildman–Crippen LogP) is 9.92. The summed E-state index contributed by atoms with van der Waals surface area (Å²) in [6.45, 7) is 1.46. The molecule has 6 N–H and O–H groups in total. The molecule has 0 spiro atoms. The van der Waals surface area contributed by atoms with Crippen LogP contribution in [0.15, 0.2) is 118 Å². The quantitative estimate of drug-likeness (QED) is 0.0246. The Kier molecular flexibility index (Phi) is 20.1. The van der Waals surface area contributed by atoms with E-state index in [9.17, 15) is 23.1 Å². The second-order valence-electron chi connectivity index (χ2n) is 16.2. The molecule has 22 heteroatoms.